The zero-order valence-electron chi connectivity index (χ0n) is 14.7. The van der Waals surface area contributed by atoms with E-state index in [4.69, 9.17) is 11.6 Å². The molecule has 0 aromatic heterocycles. The number of anilines is 2. The van der Waals surface area contributed by atoms with E-state index in [1.54, 1.807) is 6.07 Å². The molecule has 1 heterocycles. The predicted molar refractivity (Wildman–Crippen MR) is 104 cm³/mol. The van der Waals surface area contributed by atoms with Crippen LogP contribution >= 0.6 is 11.6 Å². The number of aryl methyl sites for hydroxylation is 1. The first-order valence-corrected chi connectivity index (χ1v) is 9.39. The van der Waals surface area contributed by atoms with Gasteiger partial charge in [0.2, 0.25) is 11.8 Å². The zero-order chi connectivity index (χ0) is 18.3. The van der Waals surface area contributed by atoms with Crippen molar-refractivity contribution in [2.75, 3.05) is 16.8 Å². The van der Waals surface area contributed by atoms with Crippen molar-refractivity contribution in [3.8, 4) is 0 Å². The van der Waals surface area contributed by atoms with Gasteiger partial charge in [-0.25, -0.2) is 0 Å². The highest BCUT2D eigenvalue weighted by Crippen LogP contribution is 2.43. The first-order valence-electron chi connectivity index (χ1n) is 9.01. The molecule has 1 N–H and O–H groups in total. The highest BCUT2D eigenvalue weighted by molar-refractivity contribution is 6.31. The number of nitrogens with one attached hydrogen (secondary N) is 1. The quantitative estimate of drug-likeness (QED) is 0.882. The average molecular weight is 369 g/mol. The molecule has 2 aromatic rings. The minimum Gasteiger partial charge on any atom is -0.326 e. The van der Waals surface area contributed by atoms with Crippen molar-refractivity contribution < 1.29 is 9.59 Å². The number of hydrogen-bond donors (Lipinski definition) is 1. The molecule has 0 spiro atoms. The Bertz CT molecular complexity index is 880. The van der Waals surface area contributed by atoms with Gasteiger partial charge in [-0.2, -0.15) is 0 Å². The molecule has 2 unspecified atom stereocenters. The molecule has 1 saturated carbocycles. The van der Waals surface area contributed by atoms with Crippen LogP contribution in [0.4, 0.5) is 11.4 Å². The molecule has 0 saturated heterocycles. The predicted octanol–water partition coefficient (Wildman–Crippen LogP) is 4.20. The van der Waals surface area contributed by atoms with Crippen LogP contribution < -0.4 is 10.2 Å². The summed E-state index contributed by atoms with van der Waals surface area (Å²) in [6.45, 7) is 2.60. The van der Waals surface area contributed by atoms with Gasteiger partial charge in [0.25, 0.3) is 0 Å². The number of fused-ring (bicyclic) bond motifs is 1. The van der Waals surface area contributed by atoms with Gasteiger partial charge in [0.1, 0.15) is 0 Å². The number of amides is 2. The van der Waals surface area contributed by atoms with E-state index in [1.165, 1.54) is 5.56 Å². The van der Waals surface area contributed by atoms with Gasteiger partial charge in [-0.1, -0.05) is 35.9 Å². The second-order valence-corrected chi connectivity index (χ2v) is 7.48. The van der Waals surface area contributed by atoms with Crippen LogP contribution in [0.1, 0.15) is 24.0 Å². The van der Waals surface area contributed by atoms with E-state index < -0.39 is 0 Å². The average Bonchev–Trinajstić information content (AvgIpc) is 3.45. The van der Waals surface area contributed by atoms with Crippen molar-refractivity contribution in [1.29, 1.82) is 0 Å². The third-order valence-corrected chi connectivity index (χ3v) is 5.76. The van der Waals surface area contributed by atoms with Crippen LogP contribution in [0.5, 0.6) is 0 Å². The van der Waals surface area contributed by atoms with Crippen LogP contribution in [-0.2, 0) is 16.0 Å². The second-order valence-electron chi connectivity index (χ2n) is 7.07. The molecule has 1 fully saturated rings. The number of para-hydroxylation sites is 1. The Labute approximate surface area is 158 Å². The summed E-state index contributed by atoms with van der Waals surface area (Å²) in [6.07, 6.45) is 2.58. The molecule has 134 valence electrons. The fraction of sp³-hybridized carbons (Fsp3) is 0.333. The van der Waals surface area contributed by atoms with Gasteiger partial charge in [-0.05, 0) is 55.5 Å². The van der Waals surface area contributed by atoms with Crippen molar-refractivity contribution in [3.05, 3.63) is 58.6 Å². The summed E-state index contributed by atoms with van der Waals surface area (Å²) in [5.41, 5.74) is 3.77. The molecule has 0 radical (unpaired) electrons. The third kappa shape index (κ3) is 3.10. The minimum absolute atomic E-state index is 0.0696. The Morgan fingerprint density at radius 3 is 2.77 bits per heavy atom. The molecule has 1 aliphatic carbocycles. The van der Waals surface area contributed by atoms with Crippen molar-refractivity contribution in [1.82, 2.24) is 0 Å². The van der Waals surface area contributed by atoms with Gasteiger partial charge in [0.05, 0.1) is 11.8 Å². The van der Waals surface area contributed by atoms with Gasteiger partial charge >= 0.3 is 0 Å². The van der Waals surface area contributed by atoms with Gasteiger partial charge in [-0.15, -0.1) is 0 Å². The molecule has 0 bridgehead atoms. The van der Waals surface area contributed by atoms with E-state index in [-0.39, 0.29) is 23.7 Å². The van der Waals surface area contributed by atoms with E-state index >= 15 is 0 Å². The van der Waals surface area contributed by atoms with Crippen LogP contribution in [0.15, 0.2) is 42.5 Å². The Balaban J connectivity index is 1.45. The van der Waals surface area contributed by atoms with Crippen molar-refractivity contribution in [3.63, 3.8) is 0 Å². The van der Waals surface area contributed by atoms with E-state index in [2.05, 4.69) is 11.4 Å². The highest BCUT2D eigenvalue weighted by Gasteiger charge is 2.50. The molecule has 2 amide bonds. The SMILES string of the molecule is Cc1c(Cl)cccc1NC(=O)C1CC1C(=O)N1CCCc2ccccc21. The van der Waals surface area contributed by atoms with Gasteiger partial charge < -0.3 is 10.2 Å². The molecule has 2 atom stereocenters. The minimum atomic E-state index is -0.255. The monoisotopic (exact) mass is 368 g/mol. The smallest absolute Gasteiger partial charge is 0.230 e. The summed E-state index contributed by atoms with van der Waals surface area (Å²) >= 11 is 6.11. The number of benzene rings is 2. The summed E-state index contributed by atoms with van der Waals surface area (Å²) < 4.78 is 0. The lowest BCUT2D eigenvalue weighted by molar-refractivity contribution is -0.123. The standard InChI is InChI=1S/C21H21ClN2O2/c1-13-17(22)8-4-9-18(13)23-20(25)15-12-16(15)21(26)24-11-5-7-14-6-2-3-10-19(14)24/h2-4,6,8-10,15-16H,5,7,11-12H2,1H3,(H,23,25). The summed E-state index contributed by atoms with van der Waals surface area (Å²) in [6, 6.07) is 13.5. The van der Waals surface area contributed by atoms with Crippen LogP contribution in [0.2, 0.25) is 5.02 Å². The van der Waals surface area contributed by atoms with E-state index in [1.807, 2.05) is 42.2 Å². The number of halogens is 1. The number of carbonyl (C=O) groups is 2. The Hall–Kier alpha value is -2.33. The fourth-order valence-electron chi connectivity index (χ4n) is 3.69. The molecular weight excluding hydrogens is 348 g/mol. The number of nitrogens with zero attached hydrogens (tertiary/aromatic N) is 1. The van der Waals surface area contributed by atoms with Crippen LogP contribution in [0.25, 0.3) is 0 Å². The van der Waals surface area contributed by atoms with Crippen LogP contribution in [-0.4, -0.2) is 18.4 Å². The molecule has 26 heavy (non-hydrogen) atoms. The largest absolute Gasteiger partial charge is 0.326 e. The van der Waals surface area contributed by atoms with E-state index in [9.17, 15) is 9.59 Å². The van der Waals surface area contributed by atoms with Gasteiger partial charge in [0, 0.05) is 22.9 Å². The molecule has 4 rings (SSSR count). The summed E-state index contributed by atoms with van der Waals surface area (Å²) in [4.78, 5) is 27.4. The summed E-state index contributed by atoms with van der Waals surface area (Å²) in [5.74, 6) is -0.505. The molecule has 1 aliphatic heterocycles. The van der Waals surface area contributed by atoms with Crippen molar-refractivity contribution in [2.24, 2.45) is 11.8 Å². The maximum absolute atomic E-state index is 12.9. The van der Waals surface area contributed by atoms with Crippen LogP contribution in [0.3, 0.4) is 0 Å². The lowest BCUT2D eigenvalue weighted by Crippen LogP contribution is -2.37. The Kier molecular flexibility index (Phi) is 4.45. The molecule has 2 aromatic carbocycles. The number of hydrogen-bond acceptors (Lipinski definition) is 2. The van der Waals surface area contributed by atoms with Crippen molar-refractivity contribution in [2.45, 2.75) is 26.2 Å². The lowest BCUT2D eigenvalue weighted by Gasteiger charge is -2.29. The van der Waals surface area contributed by atoms with E-state index in [0.29, 0.717) is 17.1 Å². The number of carbonyl (C=O) groups excluding carboxylic acids is 2. The Morgan fingerprint density at radius 1 is 1.12 bits per heavy atom. The highest BCUT2D eigenvalue weighted by atomic mass is 35.5. The lowest BCUT2D eigenvalue weighted by atomic mass is 10.0. The summed E-state index contributed by atoms with van der Waals surface area (Å²) in [7, 11) is 0. The van der Waals surface area contributed by atoms with Gasteiger partial charge in [0.15, 0.2) is 0 Å². The first-order chi connectivity index (χ1) is 12.6. The second kappa shape index (κ2) is 6.76. The molecule has 4 nitrogen and oxygen atoms in total. The normalized spacial score (nSPS) is 21.1. The first kappa shape index (κ1) is 17.1. The molecule has 2 aliphatic rings. The third-order valence-electron chi connectivity index (χ3n) is 5.35. The van der Waals surface area contributed by atoms with Gasteiger partial charge in [-0.3, -0.25) is 9.59 Å². The summed E-state index contributed by atoms with van der Waals surface area (Å²) in [5, 5.41) is 3.55. The number of rotatable bonds is 3. The van der Waals surface area contributed by atoms with E-state index in [0.717, 1.165) is 30.6 Å². The van der Waals surface area contributed by atoms with Crippen molar-refractivity contribution >= 4 is 34.8 Å². The Morgan fingerprint density at radius 2 is 1.92 bits per heavy atom. The molecular formula is C21H21ClN2O2. The molecule has 5 heteroatoms. The fourth-order valence-corrected chi connectivity index (χ4v) is 3.86. The maximum Gasteiger partial charge on any atom is 0.230 e. The van der Waals surface area contributed by atoms with Crippen LogP contribution in [0, 0.1) is 18.8 Å². The maximum atomic E-state index is 12.9. The zero-order valence-corrected chi connectivity index (χ0v) is 15.4. The topological polar surface area (TPSA) is 49.4 Å².